The fraction of sp³-hybridized carbons (Fsp3) is 0.522. The van der Waals surface area contributed by atoms with E-state index in [1.165, 1.54) is 13.2 Å². The number of carbonyl (C=O) groups excluding carboxylic acids is 3. The molecule has 2 amide bonds. The van der Waals surface area contributed by atoms with Crippen LogP contribution in [-0.2, 0) is 28.8 Å². The van der Waals surface area contributed by atoms with Crippen molar-refractivity contribution in [2.24, 2.45) is 10.3 Å². The van der Waals surface area contributed by atoms with Crippen LogP contribution in [0.5, 0.6) is 0 Å². The van der Waals surface area contributed by atoms with E-state index in [1.807, 2.05) is 0 Å². The molecule has 0 saturated heterocycles. The van der Waals surface area contributed by atoms with E-state index >= 15 is 0 Å². The molecule has 4 aliphatic rings. The van der Waals surface area contributed by atoms with Crippen molar-refractivity contribution in [3.8, 4) is 0 Å². The largest absolute Gasteiger partial charge is 0.495 e. The lowest BCUT2D eigenvalue weighted by Gasteiger charge is -2.34. The predicted molar refractivity (Wildman–Crippen MR) is 154 cm³/mol. The third-order valence-corrected chi connectivity index (χ3v) is 9.50. The molecule has 12 nitrogen and oxygen atoms in total. The number of oxime groups is 2. The Kier molecular flexibility index (Phi) is 9.43. The monoisotopic (exact) mass is 800 g/mol. The summed E-state index contributed by atoms with van der Waals surface area (Å²) < 4.78 is 6.44. The Morgan fingerprint density at radius 1 is 1.00 bits per heavy atom. The van der Waals surface area contributed by atoms with Crippen LogP contribution in [-0.4, -0.2) is 87.7 Å². The third kappa shape index (κ3) is 5.91. The first-order chi connectivity index (χ1) is 18.4. The van der Waals surface area contributed by atoms with Gasteiger partial charge in [0.25, 0.3) is 11.8 Å². The summed E-state index contributed by atoms with van der Waals surface area (Å²) in [4.78, 5) is 47.1. The fourth-order valence-corrected chi connectivity index (χ4v) is 7.82. The molecule has 4 N–H and O–H groups in total. The minimum atomic E-state index is -1.30. The minimum Gasteiger partial charge on any atom is -0.495 e. The van der Waals surface area contributed by atoms with Crippen molar-refractivity contribution in [2.75, 3.05) is 20.2 Å². The number of nitrogens with zero attached hydrogens (tertiary/aromatic N) is 2. The standard InChI is InChI=1S/C23H24Br4N4O8/c1-37-17-11(25)7-23(19(34)15(17)27)9-13(31-39-23)21(36)29-5-3-2-4-28-20(35)12-8-22(38-30-12)6-10(24)16(32)14(26)18(22)33/h6-7,14,18-19,33-34H,2-5,8-9H2,1H3,(H,28,35)(H,29,36)/t14-,18-,19-,22+,23+/m0/s1. The molecule has 0 aromatic carbocycles. The molecule has 0 radical (unpaired) electrons. The number of methoxy groups -OCH3 is 1. The number of aliphatic hydroxyl groups is 2. The molecule has 4 rings (SSSR count). The summed E-state index contributed by atoms with van der Waals surface area (Å²) in [5, 5.41) is 34.4. The van der Waals surface area contributed by atoms with E-state index in [0.29, 0.717) is 40.7 Å². The maximum Gasteiger partial charge on any atom is 0.269 e. The summed E-state index contributed by atoms with van der Waals surface area (Å²) in [6, 6.07) is 0. The number of nitrogens with one attached hydrogen (secondary N) is 2. The van der Waals surface area contributed by atoms with Gasteiger partial charge in [-0.2, -0.15) is 0 Å². The highest BCUT2D eigenvalue weighted by atomic mass is 79.9. The van der Waals surface area contributed by atoms with Gasteiger partial charge in [-0.15, -0.1) is 0 Å². The number of Topliss-reactive ketones (excluding diaryl/α,β-unsaturated/α-hetero) is 1. The summed E-state index contributed by atoms with van der Waals surface area (Å²) in [5.41, 5.74) is -2.29. The first kappa shape index (κ1) is 30.4. The predicted octanol–water partition coefficient (Wildman–Crippen LogP) is 1.92. The molecule has 0 unspecified atom stereocenters. The van der Waals surface area contributed by atoms with Crippen LogP contribution in [0, 0.1) is 0 Å². The van der Waals surface area contributed by atoms with E-state index in [9.17, 15) is 24.6 Å². The molecule has 2 heterocycles. The highest BCUT2D eigenvalue weighted by Crippen LogP contribution is 2.44. The first-order valence-electron chi connectivity index (χ1n) is 11.8. The van der Waals surface area contributed by atoms with Gasteiger partial charge in [0.1, 0.15) is 34.2 Å². The smallest absolute Gasteiger partial charge is 0.269 e. The van der Waals surface area contributed by atoms with Crippen LogP contribution >= 0.6 is 63.7 Å². The molecule has 2 aliphatic carbocycles. The molecule has 0 bridgehead atoms. The van der Waals surface area contributed by atoms with E-state index in [2.05, 4.69) is 84.7 Å². The van der Waals surface area contributed by atoms with Gasteiger partial charge in [-0.25, -0.2) is 0 Å². The first-order valence-corrected chi connectivity index (χ1v) is 15.1. The van der Waals surface area contributed by atoms with Crippen molar-refractivity contribution in [3.63, 3.8) is 0 Å². The average molecular weight is 804 g/mol. The van der Waals surface area contributed by atoms with Crippen molar-refractivity contribution >= 4 is 92.7 Å². The Morgan fingerprint density at radius 2 is 1.51 bits per heavy atom. The number of halogens is 4. The molecule has 2 aliphatic heterocycles. The minimum absolute atomic E-state index is 0.00577. The van der Waals surface area contributed by atoms with Crippen molar-refractivity contribution in [3.05, 3.63) is 31.4 Å². The van der Waals surface area contributed by atoms with Crippen LogP contribution in [0.3, 0.4) is 0 Å². The quantitative estimate of drug-likeness (QED) is 0.214. The number of aliphatic hydroxyl groups excluding tert-OH is 2. The number of allylic oxidation sites excluding steroid dienone is 2. The molecule has 5 atom stereocenters. The van der Waals surface area contributed by atoms with Gasteiger partial charge in [0.15, 0.2) is 17.0 Å². The topological polar surface area (TPSA) is 168 Å². The van der Waals surface area contributed by atoms with Crippen LogP contribution in [0.15, 0.2) is 41.7 Å². The molecule has 0 fully saturated rings. The van der Waals surface area contributed by atoms with Gasteiger partial charge < -0.3 is 35.3 Å². The number of ketones is 1. The Hall–Kier alpha value is -1.59. The molecular formula is C23H24Br4N4O8. The Balaban J connectivity index is 1.17. The Labute approximate surface area is 256 Å². The summed E-state index contributed by atoms with van der Waals surface area (Å²) in [5.74, 6) is -0.757. The van der Waals surface area contributed by atoms with E-state index in [1.54, 1.807) is 6.08 Å². The zero-order chi connectivity index (χ0) is 28.5. The zero-order valence-corrected chi connectivity index (χ0v) is 26.7. The second-order valence-electron chi connectivity index (χ2n) is 9.22. The normalized spacial score (nSPS) is 31.8. The number of hydrogen-bond acceptors (Lipinski definition) is 10. The van der Waals surface area contributed by atoms with E-state index in [0.717, 1.165) is 0 Å². The average Bonchev–Trinajstić information content (AvgIpc) is 3.53. The highest BCUT2D eigenvalue weighted by Gasteiger charge is 2.53. The van der Waals surface area contributed by atoms with Gasteiger partial charge in [-0.05, 0) is 72.8 Å². The second-order valence-corrected chi connectivity index (χ2v) is 12.8. The van der Waals surface area contributed by atoms with Gasteiger partial charge in [0.2, 0.25) is 0 Å². The molecule has 212 valence electrons. The summed E-state index contributed by atoms with van der Waals surface area (Å²) >= 11 is 13.0. The van der Waals surface area contributed by atoms with Crippen LogP contribution in [0.2, 0.25) is 0 Å². The van der Waals surface area contributed by atoms with Crippen molar-refractivity contribution < 1.29 is 39.0 Å². The number of carbonyl (C=O) groups is 3. The molecule has 2 spiro atoms. The van der Waals surface area contributed by atoms with Crippen LogP contribution < -0.4 is 10.6 Å². The van der Waals surface area contributed by atoms with E-state index in [-0.39, 0.29) is 34.5 Å². The molecule has 39 heavy (non-hydrogen) atoms. The number of unbranched alkanes of at least 4 members (excludes halogenated alkanes) is 1. The molecular weight excluding hydrogens is 780 g/mol. The maximum atomic E-state index is 12.6. The van der Waals surface area contributed by atoms with E-state index < -0.39 is 40.1 Å². The summed E-state index contributed by atoms with van der Waals surface area (Å²) in [6.07, 6.45) is 1.93. The molecule has 0 saturated carbocycles. The third-order valence-electron chi connectivity index (χ3n) is 6.58. The summed E-state index contributed by atoms with van der Waals surface area (Å²) in [6.45, 7) is 0.655. The second kappa shape index (κ2) is 12.1. The van der Waals surface area contributed by atoms with Crippen LogP contribution in [0.25, 0.3) is 0 Å². The fourth-order valence-electron chi connectivity index (χ4n) is 4.39. The molecule has 16 heteroatoms. The van der Waals surface area contributed by atoms with Gasteiger partial charge >= 0.3 is 0 Å². The summed E-state index contributed by atoms with van der Waals surface area (Å²) in [7, 11) is 1.47. The SMILES string of the molecule is COC1=C(Br)[C@H](O)[C@@]2(C=C1Br)CC(C(=O)NCCCCNC(=O)C1=NO[C@]3(C=C(Br)C(=O)[C@H](Br)[C@@H]3O)C1)=NO2. The number of alkyl halides is 1. The van der Waals surface area contributed by atoms with Gasteiger partial charge in [0.05, 0.1) is 20.6 Å². The lowest BCUT2D eigenvalue weighted by Crippen LogP contribution is -2.52. The highest BCUT2D eigenvalue weighted by molar-refractivity contribution is 9.12. The number of ether oxygens (including phenoxy) is 1. The lowest BCUT2D eigenvalue weighted by atomic mass is 9.83. The van der Waals surface area contributed by atoms with Crippen LogP contribution in [0.1, 0.15) is 25.7 Å². The number of rotatable bonds is 8. The molecule has 0 aromatic rings. The van der Waals surface area contributed by atoms with Crippen molar-refractivity contribution in [1.29, 1.82) is 0 Å². The lowest BCUT2D eigenvalue weighted by molar-refractivity contribution is -0.124. The van der Waals surface area contributed by atoms with Gasteiger partial charge in [0, 0.05) is 25.9 Å². The van der Waals surface area contributed by atoms with Crippen LogP contribution in [0.4, 0.5) is 0 Å². The Bertz CT molecular complexity index is 1230. The van der Waals surface area contributed by atoms with Crippen molar-refractivity contribution in [1.82, 2.24) is 10.6 Å². The van der Waals surface area contributed by atoms with Gasteiger partial charge in [-0.3, -0.25) is 14.4 Å². The number of hydrogen-bond donors (Lipinski definition) is 4. The van der Waals surface area contributed by atoms with E-state index in [4.69, 9.17) is 14.4 Å². The number of amides is 2. The Morgan fingerprint density at radius 3 is 2.08 bits per heavy atom. The van der Waals surface area contributed by atoms with Crippen molar-refractivity contribution in [2.45, 2.75) is 53.9 Å². The zero-order valence-electron chi connectivity index (χ0n) is 20.4. The van der Waals surface area contributed by atoms with Gasteiger partial charge in [-0.1, -0.05) is 26.2 Å². The maximum absolute atomic E-state index is 12.6. The molecule has 0 aromatic heterocycles.